The minimum atomic E-state index is -4.94. The summed E-state index contributed by atoms with van der Waals surface area (Å²) in [6, 6.07) is 178. The zero-order chi connectivity index (χ0) is 85.1. The number of benzene rings is 16. The Bertz CT molecular complexity index is 4140. The summed E-state index contributed by atoms with van der Waals surface area (Å²) in [4.78, 5) is 0. The normalized spacial score (nSPS) is 10.4. The Hall–Kier alpha value is -4.00. The van der Waals surface area contributed by atoms with E-state index < -0.39 is 83.9 Å². The smallest absolute Gasteiger partial charge is 2.00 e. The van der Waals surface area contributed by atoms with Crippen LogP contribution < -0.4 is 122 Å². The molecule has 680 valence electrons. The van der Waals surface area contributed by atoms with Gasteiger partial charge in [0.2, 0.25) is 0 Å². The molecule has 0 aromatic heterocycles. The minimum Gasteiger partial charge on any atom is -2.00 e. The van der Waals surface area contributed by atoms with Crippen molar-refractivity contribution in [3.8, 4) is 0 Å². The van der Waals surface area contributed by atoms with E-state index in [-0.39, 0.29) is 158 Å². The van der Waals surface area contributed by atoms with E-state index in [0.717, 1.165) is 0 Å². The van der Waals surface area contributed by atoms with E-state index in [1.54, 1.807) is 0 Å². The average Bonchev–Trinajstić information content (AvgIpc) is 0.838. The van der Waals surface area contributed by atoms with Gasteiger partial charge in [-0.15, -0.1) is 20.5 Å². The maximum absolute atomic E-state index is 8.49. The van der Waals surface area contributed by atoms with Crippen LogP contribution in [-0.4, -0.2) is 49.3 Å². The standard InChI is InChI=1S/4C26H24P2.2ClHO4.4Pt.4S.Zn/c4*1-5-13-23(14-6-1)27(24-15-7-2-8-16-24)21-22-28(25-17-9-3-10-18-25)26-19-11-4-12-20-26;2*2-1(3,4)5;;;;;;;;;/h4*1-20H,21-22H2;2*(H,2,3,4,5);;;;;;;;;/q;;;;;;4*+2;4*-2;+2/p+6. The molecule has 0 aliphatic rings. The number of hydrogen-bond donors (Lipinski definition) is 0. The van der Waals surface area contributed by atoms with Gasteiger partial charge in [0.15, 0.2) is 0 Å². The first-order valence-electron chi connectivity index (χ1n) is 40.6. The Balaban J connectivity index is 0.000000558. The van der Waals surface area contributed by atoms with Crippen LogP contribution in [0.15, 0.2) is 485 Å². The molecule has 27 heteroatoms. The second-order valence-electron chi connectivity index (χ2n) is 28.4. The average molecular weight is 2770 g/mol. The molecule has 0 radical (unpaired) electrons. The molecule has 16 aromatic rings. The summed E-state index contributed by atoms with van der Waals surface area (Å²) < 4.78 is 67.9. The fourth-order valence-corrected chi connectivity index (χ4v) is 39.7. The van der Waals surface area contributed by atoms with Crippen LogP contribution in [-0.2, 0) is 158 Å². The van der Waals surface area contributed by atoms with Crippen molar-refractivity contribution >= 4 is 202 Å². The van der Waals surface area contributed by atoms with E-state index in [1.165, 1.54) is 134 Å². The minimum absolute atomic E-state index is 0. The van der Waals surface area contributed by atoms with Gasteiger partial charge < -0.3 is 54.0 Å². The van der Waals surface area contributed by atoms with Crippen molar-refractivity contribution in [2.75, 3.05) is 49.3 Å². The van der Waals surface area contributed by atoms with Gasteiger partial charge in [0.05, 0.1) is 148 Å². The van der Waals surface area contributed by atoms with E-state index >= 15 is 0 Å². The first-order chi connectivity index (χ1) is 59.7. The second kappa shape index (κ2) is 69.8. The molecule has 0 aliphatic carbocycles. The summed E-state index contributed by atoms with van der Waals surface area (Å²) in [6.45, 7) is 0. The number of halogens is 2. The summed E-state index contributed by atoms with van der Waals surface area (Å²) >= 11 is 0. The van der Waals surface area contributed by atoms with E-state index in [4.69, 9.17) is 37.3 Å². The number of rotatable bonds is 28. The van der Waals surface area contributed by atoms with Crippen molar-refractivity contribution in [2.45, 2.75) is 0 Å². The van der Waals surface area contributed by atoms with Crippen LogP contribution in [0.5, 0.6) is 0 Å². The molecule has 8 nitrogen and oxygen atoms in total. The zero-order valence-corrected chi connectivity index (χ0v) is 96.3. The topological polar surface area (TPSA) is 184 Å². The summed E-state index contributed by atoms with van der Waals surface area (Å²) in [7, 11) is -16.2. The molecule has 0 spiro atoms. The summed E-state index contributed by atoms with van der Waals surface area (Å²) in [5.74, 6) is 0. The van der Waals surface area contributed by atoms with Crippen LogP contribution in [0, 0.1) is 20.5 Å². The second-order valence-corrected chi connectivity index (χ2v) is 50.8. The van der Waals surface area contributed by atoms with Crippen molar-refractivity contribution in [2.24, 2.45) is 0 Å². The molecule has 0 aliphatic heterocycles. The number of hydrogen-bond acceptors (Lipinski definition) is 8. The predicted octanol–water partition coefficient (Wildman–Crippen LogP) is 9.33. The molecule has 0 amide bonds. The third kappa shape index (κ3) is 44.8. The van der Waals surface area contributed by atoms with Gasteiger partial charge in [-0.05, 0) is 194 Å². The molecule has 16 rings (SSSR count). The Labute approximate surface area is 888 Å². The summed E-state index contributed by atoms with van der Waals surface area (Å²) in [6.07, 6.45) is 10.1. The third-order valence-electron chi connectivity index (χ3n) is 20.5. The monoisotopic (exact) mass is 2770 g/mol. The first kappa shape index (κ1) is 123. The quantitative estimate of drug-likeness (QED) is 0.0343. The van der Waals surface area contributed by atoms with E-state index in [2.05, 4.69) is 485 Å². The molecule has 131 heavy (non-hydrogen) atoms. The maximum Gasteiger partial charge on any atom is 2.00 e. The molecule has 0 N–H and O–H groups in total. The van der Waals surface area contributed by atoms with Crippen molar-refractivity contribution < 1.29 is 161 Å². The van der Waals surface area contributed by atoms with Crippen LogP contribution in [0.25, 0.3) is 0 Å². The van der Waals surface area contributed by atoms with Crippen LogP contribution in [0.1, 0.15) is 0 Å². The third-order valence-corrected chi connectivity index (χ3v) is 44.9. The SMILES string of the molecule is [O-][Cl+3]([O-])([O-])[O-].[O-][Cl+3]([O-])([O-])[O-].[Pt+2].[Pt+2].[Pt+2].[Pt+2].[S-2].[S-2].[S-2].[S-2].[Zn+2].c1ccc([PH+](CC[PH+](c2ccccc2)c2ccccc2)c2ccccc2)cc1.c1ccc([PH+](CC[PH+](c2ccccc2)c2ccccc2)c2ccccc2)cc1.c1ccc([PH+](CC[PH+](c2ccccc2)c2ccccc2)c2ccccc2)cc1.c1ccc([PH+](CC[PH+](c2ccccc2)c2ccccc2)c2ccccc2)cc1. The van der Waals surface area contributed by atoms with Gasteiger partial charge in [-0.25, -0.2) is 37.3 Å². The van der Waals surface area contributed by atoms with E-state index in [9.17, 15) is 0 Å². The summed E-state index contributed by atoms with van der Waals surface area (Å²) in [5, 5.41) is 24.2. The fraction of sp³-hybridized carbons (Fsp3) is 0.0769. The first-order valence-corrected chi connectivity index (χ1v) is 56.8. The molecule has 16 aromatic carbocycles. The van der Waals surface area contributed by atoms with Crippen LogP contribution in [0.2, 0.25) is 0 Å². The molecule has 0 saturated heterocycles. The van der Waals surface area contributed by atoms with Gasteiger partial charge in [-0.3, -0.25) is 0 Å². The fourth-order valence-electron chi connectivity index (χ4n) is 14.9. The van der Waals surface area contributed by atoms with E-state index in [0.29, 0.717) is 0 Å². The van der Waals surface area contributed by atoms with Crippen LogP contribution in [0.3, 0.4) is 0 Å². The van der Waals surface area contributed by atoms with Crippen molar-refractivity contribution in [1.29, 1.82) is 0 Å². The van der Waals surface area contributed by atoms with Crippen molar-refractivity contribution in [3.05, 3.63) is 485 Å². The Morgan fingerprint density at radius 3 is 0.214 bits per heavy atom. The molecule has 0 saturated carbocycles. The Kier molecular flexibility index (Phi) is 65.5. The molecular formula is C104H104Cl2O8P8Pt4S4Zn+8. The van der Waals surface area contributed by atoms with Gasteiger partial charge in [-0.1, -0.05) is 291 Å². The van der Waals surface area contributed by atoms with Crippen molar-refractivity contribution in [3.63, 3.8) is 0 Å². The van der Waals surface area contributed by atoms with Crippen LogP contribution in [0.4, 0.5) is 0 Å². The van der Waals surface area contributed by atoms with Crippen LogP contribution >= 0.6 is 63.4 Å². The molecular weight excluding hydrogens is 2670 g/mol. The molecule has 0 unspecified atom stereocenters. The molecule has 0 fully saturated rings. The van der Waals surface area contributed by atoms with Crippen molar-refractivity contribution in [1.82, 2.24) is 0 Å². The van der Waals surface area contributed by atoms with Gasteiger partial charge in [0, 0.05) is 0 Å². The Morgan fingerprint density at radius 2 is 0.168 bits per heavy atom. The maximum atomic E-state index is 8.49. The Morgan fingerprint density at radius 1 is 0.122 bits per heavy atom. The molecule has 0 bridgehead atoms. The molecule has 0 heterocycles. The van der Waals surface area contributed by atoms with Gasteiger partial charge in [-0.2, -0.15) is 0 Å². The molecule has 0 atom stereocenters. The largest absolute Gasteiger partial charge is 2.00 e. The summed E-state index contributed by atoms with van der Waals surface area (Å²) in [5.41, 5.74) is 0. The van der Waals surface area contributed by atoms with E-state index in [1.807, 2.05) is 0 Å². The van der Waals surface area contributed by atoms with Gasteiger partial charge in [0.25, 0.3) is 0 Å². The zero-order valence-electron chi connectivity index (χ0n) is 71.5. The van der Waals surface area contributed by atoms with Gasteiger partial charge in [0.1, 0.15) is 49.3 Å². The van der Waals surface area contributed by atoms with Gasteiger partial charge >= 0.3 is 104 Å². The predicted molar refractivity (Wildman–Crippen MR) is 552 cm³/mol.